The first kappa shape index (κ1) is 22.9. The Hall–Kier alpha value is -4.32. The number of nitrogens with zero attached hydrogens (tertiary/aromatic N) is 4. The molecule has 0 aliphatic heterocycles. The Kier molecular flexibility index (Phi) is 6.23. The molecule has 0 spiro atoms. The molecule has 1 heterocycles. The first-order valence-corrected chi connectivity index (χ1v) is 11.4. The van der Waals surface area contributed by atoms with E-state index in [4.69, 9.17) is 4.74 Å². The Morgan fingerprint density at radius 3 is 2.50 bits per heavy atom. The standard InChI is InChI=1S/C22H19FN6O4S/c1-14-3-9-18(34(31,32)26-15-4-7-17(33-2)8-5-15)12-19(14)22(30)25-21-11-16(6-10-20(21)23)29-13-24-27-28-29/h3-13,26H,1-2H3,(H,25,30). The van der Waals surface area contributed by atoms with E-state index in [2.05, 4.69) is 25.6 Å². The SMILES string of the molecule is COc1ccc(NS(=O)(=O)c2ccc(C)c(C(=O)Nc3cc(-n4cnnn4)ccc3F)c2)cc1. The zero-order valence-electron chi connectivity index (χ0n) is 18.1. The van der Waals surface area contributed by atoms with Crippen LogP contribution in [0.1, 0.15) is 15.9 Å². The summed E-state index contributed by atoms with van der Waals surface area (Å²) in [6.45, 7) is 1.65. The number of aryl methyl sites for hydroxylation is 1. The highest BCUT2D eigenvalue weighted by Crippen LogP contribution is 2.23. The Bertz CT molecular complexity index is 1440. The maximum Gasteiger partial charge on any atom is 0.261 e. The van der Waals surface area contributed by atoms with Crippen LogP contribution in [0.3, 0.4) is 0 Å². The highest BCUT2D eigenvalue weighted by atomic mass is 32.2. The van der Waals surface area contributed by atoms with Gasteiger partial charge in [-0.2, -0.15) is 0 Å². The van der Waals surface area contributed by atoms with Crippen LogP contribution in [0.25, 0.3) is 5.69 Å². The molecule has 0 fully saturated rings. The van der Waals surface area contributed by atoms with Gasteiger partial charge in [0.2, 0.25) is 0 Å². The van der Waals surface area contributed by atoms with Gasteiger partial charge in [0.15, 0.2) is 0 Å². The summed E-state index contributed by atoms with van der Waals surface area (Å²) in [5.74, 6) is -0.770. The quantitative estimate of drug-likeness (QED) is 0.414. The van der Waals surface area contributed by atoms with Crippen molar-refractivity contribution in [1.82, 2.24) is 20.2 Å². The van der Waals surface area contributed by atoms with Crippen molar-refractivity contribution in [3.8, 4) is 11.4 Å². The highest BCUT2D eigenvalue weighted by molar-refractivity contribution is 7.92. The van der Waals surface area contributed by atoms with Crippen LogP contribution in [-0.2, 0) is 10.0 Å². The first-order chi connectivity index (χ1) is 16.3. The summed E-state index contributed by atoms with van der Waals surface area (Å²) in [7, 11) is -2.49. The van der Waals surface area contributed by atoms with E-state index in [0.29, 0.717) is 22.7 Å². The second-order valence-corrected chi connectivity index (χ2v) is 8.87. The van der Waals surface area contributed by atoms with Crippen LogP contribution in [0.5, 0.6) is 5.75 Å². The smallest absolute Gasteiger partial charge is 0.261 e. The van der Waals surface area contributed by atoms with Crippen LogP contribution in [0.2, 0.25) is 0 Å². The fourth-order valence-corrected chi connectivity index (χ4v) is 4.19. The summed E-state index contributed by atoms with van der Waals surface area (Å²) in [5, 5.41) is 13.3. The summed E-state index contributed by atoms with van der Waals surface area (Å²) < 4.78 is 48.9. The summed E-state index contributed by atoms with van der Waals surface area (Å²) in [6, 6.07) is 14.4. The third-order valence-electron chi connectivity index (χ3n) is 4.92. The zero-order chi connectivity index (χ0) is 24.3. The van der Waals surface area contributed by atoms with Crippen molar-refractivity contribution >= 4 is 27.3 Å². The molecule has 34 heavy (non-hydrogen) atoms. The number of ether oxygens (including phenoxy) is 1. The highest BCUT2D eigenvalue weighted by Gasteiger charge is 2.19. The Labute approximate surface area is 194 Å². The van der Waals surface area contributed by atoms with E-state index in [1.807, 2.05) is 0 Å². The van der Waals surface area contributed by atoms with E-state index in [1.54, 1.807) is 31.2 Å². The molecule has 1 aromatic heterocycles. The Morgan fingerprint density at radius 2 is 1.82 bits per heavy atom. The van der Waals surface area contributed by atoms with E-state index in [0.717, 1.165) is 0 Å². The van der Waals surface area contributed by atoms with Gasteiger partial charge in [-0.05, 0) is 77.5 Å². The van der Waals surface area contributed by atoms with Gasteiger partial charge >= 0.3 is 0 Å². The molecule has 3 aromatic carbocycles. The molecular weight excluding hydrogens is 463 g/mol. The van der Waals surface area contributed by atoms with Crippen LogP contribution >= 0.6 is 0 Å². The molecule has 10 nitrogen and oxygen atoms in total. The van der Waals surface area contributed by atoms with Gasteiger partial charge in [0.05, 0.1) is 23.4 Å². The number of halogens is 1. The van der Waals surface area contributed by atoms with Crippen molar-refractivity contribution in [3.05, 3.63) is 83.9 Å². The third kappa shape index (κ3) is 4.86. The van der Waals surface area contributed by atoms with Crippen molar-refractivity contribution in [2.45, 2.75) is 11.8 Å². The molecule has 0 radical (unpaired) electrons. The van der Waals surface area contributed by atoms with Crippen LogP contribution in [0, 0.1) is 12.7 Å². The number of tetrazole rings is 1. The number of anilines is 2. The summed E-state index contributed by atoms with van der Waals surface area (Å²) >= 11 is 0. The molecule has 2 N–H and O–H groups in total. The molecule has 0 saturated carbocycles. The number of rotatable bonds is 7. The van der Waals surface area contributed by atoms with Crippen molar-refractivity contribution in [1.29, 1.82) is 0 Å². The van der Waals surface area contributed by atoms with Crippen LogP contribution in [-0.4, -0.2) is 41.6 Å². The minimum atomic E-state index is -3.99. The number of methoxy groups -OCH3 is 1. The normalized spacial score (nSPS) is 11.1. The first-order valence-electron chi connectivity index (χ1n) is 9.88. The van der Waals surface area contributed by atoms with Crippen molar-refractivity contribution in [2.75, 3.05) is 17.1 Å². The summed E-state index contributed by atoms with van der Waals surface area (Å²) in [5.41, 5.74) is 1.23. The number of benzene rings is 3. The minimum Gasteiger partial charge on any atom is -0.497 e. The number of hydrogen-bond donors (Lipinski definition) is 2. The van der Waals surface area contributed by atoms with Gasteiger partial charge in [-0.3, -0.25) is 9.52 Å². The number of carbonyl (C=O) groups is 1. The lowest BCUT2D eigenvalue weighted by Crippen LogP contribution is -2.17. The van der Waals surface area contributed by atoms with E-state index in [-0.39, 0.29) is 16.1 Å². The number of hydrogen-bond acceptors (Lipinski definition) is 7. The summed E-state index contributed by atoms with van der Waals surface area (Å²) in [6.07, 6.45) is 1.33. The molecule has 0 aliphatic rings. The lowest BCUT2D eigenvalue weighted by Gasteiger charge is -2.13. The summed E-state index contributed by atoms with van der Waals surface area (Å²) in [4.78, 5) is 12.8. The average Bonchev–Trinajstić information content (AvgIpc) is 3.36. The largest absolute Gasteiger partial charge is 0.497 e. The zero-order valence-corrected chi connectivity index (χ0v) is 18.9. The van der Waals surface area contributed by atoms with Crippen molar-refractivity contribution in [2.24, 2.45) is 0 Å². The predicted octanol–water partition coefficient (Wildman–Crippen LogP) is 3.17. The molecular formula is C22H19FN6O4S. The number of sulfonamides is 1. The van der Waals surface area contributed by atoms with E-state index < -0.39 is 21.7 Å². The number of carbonyl (C=O) groups excluding carboxylic acids is 1. The van der Waals surface area contributed by atoms with Gasteiger partial charge in [0.25, 0.3) is 15.9 Å². The minimum absolute atomic E-state index is 0.0739. The molecule has 4 aromatic rings. The Balaban J connectivity index is 1.59. The van der Waals surface area contributed by atoms with Crippen molar-refractivity contribution < 1.29 is 22.3 Å². The predicted molar refractivity (Wildman–Crippen MR) is 122 cm³/mol. The van der Waals surface area contributed by atoms with Gasteiger partial charge in [0, 0.05) is 11.3 Å². The number of amides is 1. The lowest BCUT2D eigenvalue weighted by atomic mass is 10.1. The molecule has 0 atom stereocenters. The van der Waals surface area contributed by atoms with E-state index in [1.165, 1.54) is 54.5 Å². The maximum atomic E-state index is 14.4. The molecule has 1 amide bonds. The van der Waals surface area contributed by atoms with Gasteiger partial charge < -0.3 is 10.1 Å². The average molecular weight is 482 g/mol. The van der Waals surface area contributed by atoms with Gasteiger partial charge in [-0.15, -0.1) is 5.10 Å². The monoisotopic (exact) mass is 482 g/mol. The molecule has 0 saturated heterocycles. The van der Waals surface area contributed by atoms with Gasteiger partial charge in [-0.1, -0.05) is 6.07 Å². The van der Waals surface area contributed by atoms with Crippen LogP contribution in [0.4, 0.5) is 15.8 Å². The number of aromatic nitrogens is 4. The van der Waals surface area contributed by atoms with E-state index in [9.17, 15) is 17.6 Å². The van der Waals surface area contributed by atoms with Crippen LogP contribution < -0.4 is 14.8 Å². The van der Waals surface area contributed by atoms with Crippen molar-refractivity contribution in [3.63, 3.8) is 0 Å². The second kappa shape index (κ2) is 9.27. The topological polar surface area (TPSA) is 128 Å². The molecule has 174 valence electrons. The second-order valence-electron chi connectivity index (χ2n) is 7.18. The van der Waals surface area contributed by atoms with Gasteiger partial charge in [-0.25, -0.2) is 17.5 Å². The van der Waals surface area contributed by atoms with E-state index >= 15 is 0 Å². The fourth-order valence-electron chi connectivity index (χ4n) is 3.11. The van der Waals surface area contributed by atoms with Gasteiger partial charge in [0.1, 0.15) is 17.9 Å². The molecule has 0 unspecified atom stereocenters. The van der Waals surface area contributed by atoms with Crippen LogP contribution in [0.15, 0.2) is 71.9 Å². The molecule has 0 aliphatic carbocycles. The molecule has 4 rings (SSSR count). The molecule has 12 heteroatoms. The number of nitrogens with one attached hydrogen (secondary N) is 2. The Morgan fingerprint density at radius 1 is 1.06 bits per heavy atom. The lowest BCUT2D eigenvalue weighted by molar-refractivity contribution is 0.102. The molecule has 0 bridgehead atoms. The third-order valence-corrected chi connectivity index (χ3v) is 6.30. The fraction of sp³-hybridized carbons (Fsp3) is 0.0909. The maximum absolute atomic E-state index is 14.4.